The molecule has 2 heterocycles. The van der Waals surface area contributed by atoms with E-state index >= 15 is 0 Å². The van der Waals surface area contributed by atoms with Crippen molar-refractivity contribution in [3.05, 3.63) is 17.3 Å². The zero-order valence-corrected chi connectivity index (χ0v) is 6.70. The Hall–Kier alpha value is -0.440. The summed E-state index contributed by atoms with van der Waals surface area (Å²) in [6, 6.07) is 0. The Labute approximate surface area is 64.0 Å². The minimum absolute atomic E-state index is 0.812. The number of hydrogen-bond donors (Lipinski definition) is 0. The fourth-order valence-electron chi connectivity index (χ4n) is 1.15. The van der Waals surface area contributed by atoms with E-state index in [-0.39, 0.29) is 0 Å². The van der Waals surface area contributed by atoms with Gasteiger partial charge in [0.05, 0.1) is 5.69 Å². The van der Waals surface area contributed by atoms with Crippen LogP contribution in [0.5, 0.6) is 0 Å². The Kier molecular flexibility index (Phi) is 1.45. The van der Waals surface area contributed by atoms with Gasteiger partial charge in [-0.25, -0.2) is 4.98 Å². The molecular weight excluding hydrogens is 146 g/mol. The molecule has 0 aliphatic carbocycles. The molecule has 10 heavy (non-hydrogen) atoms. The van der Waals surface area contributed by atoms with Crippen molar-refractivity contribution >= 4 is 11.8 Å². The fourth-order valence-corrected chi connectivity index (χ4v) is 2.05. The van der Waals surface area contributed by atoms with E-state index in [1.165, 1.54) is 5.75 Å². The minimum Gasteiger partial charge on any atom is -0.446 e. The SMILES string of the molecule is Cc1nc2c(o1)CCSC2. The molecule has 3 heteroatoms. The van der Waals surface area contributed by atoms with Crippen LogP contribution < -0.4 is 0 Å². The third-order valence-corrected chi connectivity index (χ3v) is 2.57. The highest BCUT2D eigenvalue weighted by Gasteiger charge is 2.14. The van der Waals surface area contributed by atoms with Gasteiger partial charge < -0.3 is 4.42 Å². The Bertz CT molecular complexity index is 220. The first-order valence-corrected chi connectivity index (χ1v) is 4.54. The maximum atomic E-state index is 5.38. The van der Waals surface area contributed by atoms with Crippen molar-refractivity contribution in [3.8, 4) is 0 Å². The van der Waals surface area contributed by atoms with Crippen LogP contribution in [0.25, 0.3) is 0 Å². The smallest absolute Gasteiger partial charge is 0.191 e. The molecule has 2 nitrogen and oxygen atoms in total. The van der Waals surface area contributed by atoms with Gasteiger partial charge in [-0.3, -0.25) is 0 Å². The van der Waals surface area contributed by atoms with E-state index in [1.54, 1.807) is 0 Å². The highest BCUT2D eigenvalue weighted by Crippen LogP contribution is 2.24. The maximum Gasteiger partial charge on any atom is 0.191 e. The van der Waals surface area contributed by atoms with E-state index in [0.717, 1.165) is 29.5 Å². The Morgan fingerprint density at radius 1 is 1.60 bits per heavy atom. The molecular formula is C7H9NOS. The number of oxazole rings is 1. The van der Waals surface area contributed by atoms with Gasteiger partial charge in [0.25, 0.3) is 0 Å². The van der Waals surface area contributed by atoms with Crippen LogP contribution in [0.4, 0.5) is 0 Å². The number of rotatable bonds is 0. The van der Waals surface area contributed by atoms with E-state index in [1.807, 2.05) is 18.7 Å². The Balaban J connectivity index is 2.41. The molecule has 0 radical (unpaired) electrons. The normalized spacial score (nSPS) is 16.9. The molecule has 0 spiro atoms. The van der Waals surface area contributed by atoms with Crippen LogP contribution in [0.15, 0.2) is 4.42 Å². The molecule has 0 atom stereocenters. The number of nitrogens with zero attached hydrogens (tertiary/aromatic N) is 1. The standard InChI is InChI=1S/C7H9NOS/c1-5-8-6-4-10-3-2-7(6)9-5/h2-4H2,1H3. The second-order valence-corrected chi connectivity index (χ2v) is 3.51. The summed E-state index contributed by atoms with van der Waals surface area (Å²) in [7, 11) is 0. The number of hydrogen-bond acceptors (Lipinski definition) is 3. The van der Waals surface area contributed by atoms with Crippen molar-refractivity contribution in [2.45, 2.75) is 19.1 Å². The lowest BCUT2D eigenvalue weighted by atomic mass is 10.3. The van der Waals surface area contributed by atoms with Crippen molar-refractivity contribution in [1.29, 1.82) is 0 Å². The lowest BCUT2D eigenvalue weighted by molar-refractivity contribution is 0.478. The summed E-state index contributed by atoms with van der Waals surface area (Å²) in [5.41, 5.74) is 1.16. The Morgan fingerprint density at radius 2 is 2.50 bits per heavy atom. The van der Waals surface area contributed by atoms with Crippen LogP contribution >= 0.6 is 11.8 Å². The van der Waals surface area contributed by atoms with Gasteiger partial charge >= 0.3 is 0 Å². The second kappa shape index (κ2) is 2.31. The summed E-state index contributed by atoms with van der Waals surface area (Å²) in [5, 5.41) is 0. The van der Waals surface area contributed by atoms with E-state index in [0.29, 0.717) is 0 Å². The second-order valence-electron chi connectivity index (χ2n) is 2.41. The zero-order chi connectivity index (χ0) is 6.97. The van der Waals surface area contributed by atoms with Crippen LogP contribution in [0.1, 0.15) is 17.3 Å². The topological polar surface area (TPSA) is 26.0 Å². The average Bonchev–Trinajstić information content (AvgIpc) is 2.27. The first kappa shape index (κ1) is 6.28. The lowest BCUT2D eigenvalue weighted by Gasteiger charge is -2.05. The van der Waals surface area contributed by atoms with E-state index in [4.69, 9.17) is 4.42 Å². The summed E-state index contributed by atoms with van der Waals surface area (Å²) in [4.78, 5) is 4.26. The molecule has 0 bridgehead atoms. The first-order valence-electron chi connectivity index (χ1n) is 3.39. The van der Waals surface area contributed by atoms with Gasteiger partial charge in [-0.05, 0) is 0 Å². The van der Waals surface area contributed by atoms with Gasteiger partial charge in [0.1, 0.15) is 5.76 Å². The summed E-state index contributed by atoms with van der Waals surface area (Å²) < 4.78 is 5.38. The van der Waals surface area contributed by atoms with Crippen LogP contribution in [-0.2, 0) is 12.2 Å². The molecule has 0 fully saturated rings. The van der Waals surface area contributed by atoms with Gasteiger partial charge in [-0.15, -0.1) is 0 Å². The largest absolute Gasteiger partial charge is 0.446 e. The van der Waals surface area contributed by atoms with E-state index in [9.17, 15) is 0 Å². The average molecular weight is 155 g/mol. The molecule has 2 rings (SSSR count). The van der Waals surface area contributed by atoms with E-state index in [2.05, 4.69) is 4.98 Å². The number of thioether (sulfide) groups is 1. The Morgan fingerprint density at radius 3 is 3.30 bits per heavy atom. The molecule has 0 saturated heterocycles. The van der Waals surface area contributed by atoms with Crippen LogP contribution in [0, 0.1) is 6.92 Å². The fraction of sp³-hybridized carbons (Fsp3) is 0.571. The monoisotopic (exact) mass is 155 g/mol. The van der Waals surface area contributed by atoms with Crippen molar-refractivity contribution in [3.63, 3.8) is 0 Å². The van der Waals surface area contributed by atoms with Crippen LogP contribution in [0.2, 0.25) is 0 Å². The highest BCUT2D eigenvalue weighted by molar-refractivity contribution is 7.98. The first-order chi connectivity index (χ1) is 4.86. The highest BCUT2D eigenvalue weighted by atomic mass is 32.2. The van der Waals surface area contributed by atoms with Crippen molar-refractivity contribution in [1.82, 2.24) is 4.98 Å². The number of aryl methyl sites for hydroxylation is 2. The third kappa shape index (κ3) is 0.944. The van der Waals surface area contributed by atoms with E-state index < -0.39 is 0 Å². The molecule has 0 amide bonds. The van der Waals surface area contributed by atoms with Gasteiger partial charge in [0, 0.05) is 24.9 Å². The number of fused-ring (bicyclic) bond motifs is 1. The summed E-state index contributed by atoms with van der Waals surface area (Å²) in [6.07, 6.45) is 1.06. The van der Waals surface area contributed by atoms with Crippen molar-refractivity contribution < 1.29 is 4.42 Å². The lowest BCUT2D eigenvalue weighted by Crippen LogP contribution is -1.98. The van der Waals surface area contributed by atoms with Gasteiger partial charge in [0.15, 0.2) is 5.89 Å². The summed E-state index contributed by atoms with van der Waals surface area (Å²) in [5.74, 6) is 4.14. The molecule has 0 N–H and O–H groups in total. The summed E-state index contributed by atoms with van der Waals surface area (Å²) in [6.45, 7) is 1.91. The zero-order valence-electron chi connectivity index (χ0n) is 5.89. The molecule has 0 saturated carbocycles. The molecule has 0 unspecified atom stereocenters. The third-order valence-electron chi connectivity index (χ3n) is 1.60. The maximum absolute atomic E-state index is 5.38. The van der Waals surface area contributed by atoms with Crippen molar-refractivity contribution in [2.75, 3.05) is 5.75 Å². The molecule has 1 aliphatic heterocycles. The van der Waals surface area contributed by atoms with Gasteiger partial charge in [-0.1, -0.05) is 0 Å². The van der Waals surface area contributed by atoms with Gasteiger partial charge in [-0.2, -0.15) is 11.8 Å². The molecule has 54 valence electrons. The van der Waals surface area contributed by atoms with Crippen LogP contribution in [-0.4, -0.2) is 10.7 Å². The van der Waals surface area contributed by atoms with Gasteiger partial charge in [0.2, 0.25) is 0 Å². The predicted octanol–water partition coefficient (Wildman–Crippen LogP) is 1.77. The molecule has 1 aromatic rings. The minimum atomic E-state index is 0.812. The molecule has 0 aromatic carbocycles. The van der Waals surface area contributed by atoms with Crippen LogP contribution in [0.3, 0.4) is 0 Å². The molecule has 1 aromatic heterocycles. The quantitative estimate of drug-likeness (QED) is 0.571. The molecule has 1 aliphatic rings. The van der Waals surface area contributed by atoms with Crippen molar-refractivity contribution in [2.24, 2.45) is 0 Å². The predicted molar refractivity (Wildman–Crippen MR) is 41.1 cm³/mol. The number of aromatic nitrogens is 1. The summed E-state index contributed by atoms with van der Waals surface area (Å²) >= 11 is 1.93.